The molecule has 0 heterocycles. The van der Waals surface area contributed by atoms with Gasteiger partial charge in [0.15, 0.2) is 0 Å². The summed E-state index contributed by atoms with van der Waals surface area (Å²) in [6.45, 7) is 0. The molecule has 2 aromatic carbocycles. The molecule has 106 valence electrons. The van der Waals surface area contributed by atoms with E-state index in [0.717, 1.165) is 22.2 Å². The van der Waals surface area contributed by atoms with Crippen LogP contribution in [0.2, 0.25) is 0 Å². The molecular weight excluding hydrogens is 328 g/mol. The van der Waals surface area contributed by atoms with Crippen LogP contribution in [0.3, 0.4) is 0 Å². The number of ether oxygens (including phenoxy) is 1. The van der Waals surface area contributed by atoms with E-state index in [2.05, 4.69) is 21.2 Å². The first-order valence-electron chi connectivity index (χ1n) is 6.02. The largest absolute Gasteiger partial charge is 0.497 e. The summed E-state index contributed by atoms with van der Waals surface area (Å²) in [5.74, 6) is -0.276. The van der Waals surface area contributed by atoms with Crippen molar-refractivity contribution in [1.82, 2.24) is 5.32 Å². The number of methoxy groups -OCH3 is 1. The minimum Gasteiger partial charge on any atom is -0.497 e. The fourth-order valence-electron chi connectivity index (χ4n) is 2.08. The van der Waals surface area contributed by atoms with Crippen LogP contribution in [-0.4, -0.2) is 14.2 Å². The van der Waals surface area contributed by atoms with Crippen LogP contribution in [-0.2, 0) is 0 Å². The Labute approximate surface area is 124 Å². The zero-order valence-corrected chi connectivity index (χ0v) is 12.7. The standard InChI is InChI=1S/C15H14BrF2NO/c1-19-15(12-7-9(17)3-6-14(12)18)11-8-10(20-2)4-5-13(11)16/h3-8,15,19H,1-2H3. The zero-order chi connectivity index (χ0) is 14.7. The second kappa shape index (κ2) is 6.33. The lowest BCUT2D eigenvalue weighted by Gasteiger charge is -2.20. The monoisotopic (exact) mass is 341 g/mol. The highest BCUT2D eigenvalue weighted by atomic mass is 79.9. The lowest BCUT2D eigenvalue weighted by Crippen LogP contribution is -2.19. The molecule has 0 saturated heterocycles. The van der Waals surface area contributed by atoms with Gasteiger partial charge in [0.05, 0.1) is 13.2 Å². The van der Waals surface area contributed by atoms with E-state index in [-0.39, 0.29) is 5.56 Å². The van der Waals surface area contributed by atoms with Gasteiger partial charge in [0, 0.05) is 10.0 Å². The Kier molecular flexibility index (Phi) is 4.73. The smallest absolute Gasteiger partial charge is 0.128 e. The van der Waals surface area contributed by atoms with Gasteiger partial charge in [-0.15, -0.1) is 0 Å². The third-order valence-corrected chi connectivity index (χ3v) is 3.79. The second-order valence-electron chi connectivity index (χ2n) is 4.27. The lowest BCUT2D eigenvalue weighted by atomic mass is 9.98. The number of hydrogen-bond acceptors (Lipinski definition) is 2. The summed E-state index contributed by atoms with van der Waals surface area (Å²) in [7, 11) is 3.26. The molecule has 0 bridgehead atoms. The first-order chi connectivity index (χ1) is 9.56. The quantitative estimate of drug-likeness (QED) is 0.905. The summed E-state index contributed by atoms with van der Waals surface area (Å²) in [6, 6.07) is 8.35. The normalized spacial score (nSPS) is 12.2. The lowest BCUT2D eigenvalue weighted by molar-refractivity contribution is 0.413. The van der Waals surface area contributed by atoms with Crippen LogP contribution in [0.4, 0.5) is 8.78 Å². The Morgan fingerprint density at radius 1 is 1.10 bits per heavy atom. The van der Waals surface area contributed by atoms with Crippen molar-refractivity contribution in [2.45, 2.75) is 6.04 Å². The maximum atomic E-state index is 14.0. The highest BCUT2D eigenvalue weighted by Crippen LogP contribution is 2.32. The van der Waals surface area contributed by atoms with Crippen LogP contribution in [0.25, 0.3) is 0 Å². The molecule has 0 aliphatic heterocycles. The third-order valence-electron chi connectivity index (χ3n) is 3.07. The van der Waals surface area contributed by atoms with E-state index >= 15 is 0 Å². The van der Waals surface area contributed by atoms with Crippen molar-refractivity contribution in [2.24, 2.45) is 0 Å². The fraction of sp³-hybridized carbons (Fsp3) is 0.200. The Morgan fingerprint density at radius 3 is 2.50 bits per heavy atom. The molecule has 0 spiro atoms. The molecule has 2 rings (SSSR count). The highest BCUT2D eigenvalue weighted by Gasteiger charge is 2.20. The molecule has 2 nitrogen and oxygen atoms in total. The average molecular weight is 342 g/mol. The number of nitrogens with one attached hydrogen (secondary N) is 1. The molecule has 0 fully saturated rings. The predicted molar refractivity (Wildman–Crippen MR) is 78.0 cm³/mol. The minimum absolute atomic E-state index is 0.251. The molecule has 2 aromatic rings. The summed E-state index contributed by atoms with van der Waals surface area (Å²) in [5.41, 5.74) is 1.03. The minimum atomic E-state index is -0.477. The molecule has 5 heteroatoms. The Balaban J connectivity index is 2.54. The Hall–Kier alpha value is -1.46. The number of hydrogen-bond donors (Lipinski definition) is 1. The van der Waals surface area contributed by atoms with E-state index in [9.17, 15) is 8.78 Å². The molecule has 0 amide bonds. The van der Waals surface area contributed by atoms with E-state index < -0.39 is 17.7 Å². The van der Waals surface area contributed by atoms with Crippen LogP contribution in [0.1, 0.15) is 17.2 Å². The zero-order valence-electron chi connectivity index (χ0n) is 11.1. The van der Waals surface area contributed by atoms with Gasteiger partial charge < -0.3 is 10.1 Å². The molecule has 1 atom stereocenters. The molecule has 1 unspecified atom stereocenters. The maximum absolute atomic E-state index is 14.0. The first-order valence-corrected chi connectivity index (χ1v) is 6.81. The molecular formula is C15H14BrF2NO. The van der Waals surface area contributed by atoms with E-state index in [1.807, 2.05) is 6.07 Å². The van der Waals surface area contributed by atoms with Crippen molar-refractivity contribution in [3.8, 4) is 5.75 Å². The molecule has 20 heavy (non-hydrogen) atoms. The van der Waals surface area contributed by atoms with E-state index in [1.54, 1.807) is 26.3 Å². The van der Waals surface area contributed by atoms with Gasteiger partial charge in [0.2, 0.25) is 0 Å². The van der Waals surface area contributed by atoms with E-state index in [1.165, 1.54) is 6.07 Å². The van der Waals surface area contributed by atoms with Crippen LogP contribution >= 0.6 is 15.9 Å². The van der Waals surface area contributed by atoms with Crippen molar-refractivity contribution in [3.63, 3.8) is 0 Å². The van der Waals surface area contributed by atoms with Gasteiger partial charge in [-0.3, -0.25) is 0 Å². The van der Waals surface area contributed by atoms with Gasteiger partial charge in [0.1, 0.15) is 17.4 Å². The number of halogens is 3. The topological polar surface area (TPSA) is 21.3 Å². The van der Waals surface area contributed by atoms with Gasteiger partial charge in [-0.1, -0.05) is 15.9 Å². The van der Waals surface area contributed by atoms with E-state index in [4.69, 9.17) is 4.74 Å². The van der Waals surface area contributed by atoms with Crippen molar-refractivity contribution < 1.29 is 13.5 Å². The summed E-state index contributed by atoms with van der Waals surface area (Å²) in [6.07, 6.45) is 0. The molecule has 0 radical (unpaired) electrons. The van der Waals surface area contributed by atoms with Gasteiger partial charge in [-0.05, 0) is 49.0 Å². The predicted octanol–water partition coefficient (Wildman–Crippen LogP) is 4.04. The molecule has 0 aliphatic rings. The van der Waals surface area contributed by atoms with Crippen molar-refractivity contribution in [1.29, 1.82) is 0 Å². The summed E-state index contributed by atoms with van der Waals surface area (Å²) >= 11 is 3.43. The molecule has 1 N–H and O–H groups in total. The second-order valence-corrected chi connectivity index (χ2v) is 5.13. The number of benzene rings is 2. The Morgan fingerprint density at radius 2 is 1.85 bits per heavy atom. The van der Waals surface area contributed by atoms with E-state index in [0.29, 0.717) is 5.75 Å². The molecule has 0 aliphatic carbocycles. The van der Waals surface area contributed by atoms with Gasteiger partial charge in [-0.25, -0.2) is 8.78 Å². The molecule has 0 saturated carbocycles. The average Bonchev–Trinajstić information content (AvgIpc) is 2.45. The van der Waals surface area contributed by atoms with Crippen molar-refractivity contribution in [2.75, 3.05) is 14.2 Å². The van der Waals surface area contributed by atoms with Gasteiger partial charge in [-0.2, -0.15) is 0 Å². The highest BCUT2D eigenvalue weighted by molar-refractivity contribution is 9.10. The number of rotatable bonds is 4. The maximum Gasteiger partial charge on any atom is 0.128 e. The molecule has 0 aromatic heterocycles. The van der Waals surface area contributed by atoms with Crippen LogP contribution in [0.5, 0.6) is 5.75 Å². The van der Waals surface area contributed by atoms with Crippen molar-refractivity contribution in [3.05, 3.63) is 63.6 Å². The SMILES string of the molecule is CNC(c1cc(F)ccc1F)c1cc(OC)ccc1Br. The van der Waals surface area contributed by atoms with Crippen LogP contribution in [0.15, 0.2) is 40.9 Å². The van der Waals surface area contributed by atoms with Gasteiger partial charge in [0.25, 0.3) is 0 Å². The Bertz CT molecular complexity index is 619. The van der Waals surface area contributed by atoms with Gasteiger partial charge >= 0.3 is 0 Å². The third kappa shape index (κ3) is 2.99. The fourth-order valence-corrected chi connectivity index (χ4v) is 2.56. The van der Waals surface area contributed by atoms with Crippen LogP contribution < -0.4 is 10.1 Å². The first kappa shape index (κ1) is 14.9. The summed E-state index contributed by atoms with van der Waals surface area (Å²) < 4.78 is 33.3. The van der Waals surface area contributed by atoms with Crippen LogP contribution in [0, 0.1) is 11.6 Å². The summed E-state index contributed by atoms with van der Waals surface area (Å²) in [4.78, 5) is 0. The summed E-state index contributed by atoms with van der Waals surface area (Å²) in [5, 5.41) is 3.00. The van der Waals surface area contributed by atoms with Crippen molar-refractivity contribution >= 4 is 15.9 Å².